The van der Waals surface area contributed by atoms with Gasteiger partial charge in [-0.25, -0.2) is 0 Å². The smallest absolute Gasteiger partial charge is 0.130 e. The van der Waals surface area contributed by atoms with Gasteiger partial charge < -0.3 is 10.5 Å². The van der Waals surface area contributed by atoms with E-state index in [0.717, 1.165) is 37.4 Å². The predicted molar refractivity (Wildman–Crippen MR) is 109 cm³/mol. The summed E-state index contributed by atoms with van der Waals surface area (Å²) in [5, 5.41) is 0. The fraction of sp³-hybridized carbons (Fsp3) is 0.522. The molecular weight excluding hydrogens is 334 g/mol. The molecule has 2 N–H and O–H groups in total. The highest BCUT2D eigenvalue weighted by Crippen LogP contribution is 2.40. The monoisotopic (exact) mass is 365 g/mol. The lowest BCUT2D eigenvalue weighted by molar-refractivity contribution is 0.0785. The minimum Gasteiger partial charge on any atom is -0.487 e. The fourth-order valence-corrected chi connectivity index (χ4v) is 4.62. The number of piperidine rings is 1. The highest BCUT2D eigenvalue weighted by molar-refractivity contribution is 5.40. The lowest BCUT2D eigenvalue weighted by Gasteiger charge is -2.46. The largest absolute Gasteiger partial charge is 0.487 e. The third-order valence-electron chi connectivity index (χ3n) is 6.19. The SMILES string of the molecule is CCCCC1CN2CCc3cc(OCc4ccccn4)ccc3C2CC1N. The highest BCUT2D eigenvalue weighted by Gasteiger charge is 2.37. The van der Waals surface area contributed by atoms with Crippen LogP contribution in [0.15, 0.2) is 42.6 Å². The average Bonchev–Trinajstić information content (AvgIpc) is 2.71. The third-order valence-corrected chi connectivity index (χ3v) is 6.19. The first-order valence-electron chi connectivity index (χ1n) is 10.4. The minimum atomic E-state index is 0.323. The van der Waals surface area contributed by atoms with E-state index < -0.39 is 0 Å². The van der Waals surface area contributed by atoms with Gasteiger partial charge in [0.2, 0.25) is 0 Å². The Balaban J connectivity index is 1.44. The Hall–Kier alpha value is -1.91. The summed E-state index contributed by atoms with van der Waals surface area (Å²) in [4.78, 5) is 6.99. The van der Waals surface area contributed by atoms with Crippen LogP contribution in [0, 0.1) is 5.92 Å². The van der Waals surface area contributed by atoms with Crippen LogP contribution >= 0.6 is 0 Å². The van der Waals surface area contributed by atoms with E-state index in [2.05, 4.69) is 35.0 Å². The van der Waals surface area contributed by atoms with Crippen LogP contribution in [-0.2, 0) is 13.0 Å². The number of pyridine rings is 1. The average molecular weight is 366 g/mol. The van der Waals surface area contributed by atoms with Crippen molar-refractivity contribution < 1.29 is 4.74 Å². The van der Waals surface area contributed by atoms with Gasteiger partial charge in [-0.15, -0.1) is 0 Å². The number of rotatable bonds is 6. The predicted octanol–water partition coefficient (Wildman–Crippen LogP) is 4.10. The molecule has 0 bridgehead atoms. The van der Waals surface area contributed by atoms with E-state index in [1.165, 1.54) is 30.4 Å². The molecule has 3 atom stereocenters. The van der Waals surface area contributed by atoms with Crippen molar-refractivity contribution >= 4 is 0 Å². The second-order valence-electron chi connectivity index (χ2n) is 8.03. The first kappa shape index (κ1) is 18.5. The van der Waals surface area contributed by atoms with E-state index >= 15 is 0 Å². The minimum absolute atomic E-state index is 0.323. The van der Waals surface area contributed by atoms with Crippen molar-refractivity contribution in [3.8, 4) is 5.75 Å². The zero-order valence-electron chi connectivity index (χ0n) is 16.3. The topological polar surface area (TPSA) is 51.4 Å². The molecule has 2 aromatic rings. The van der Waals surface area contributed by atoms with Crippen molar-refractivity contribution in [2.45, 2.75) is 57.7 Å². The van der Waals surface area contributed by atoms with E-state index in [1.807, 2.05) is 18.2 Å². The lowest BCUT2D eigenvalue weighted by Crippen LogP contribution is -2.50. The van der Waals surface area contributed by atoms with Crippen molar-refractivity contribution in [3.63, 3.8) is 0 Å². The number of hydrogen-bond donors (Lipinski definition) is 1. The Kier molecular flexibility index (Phi) is 5.74. The number of nitrogens with zero attached hydrogens (tertiary/aromatic N) is 2. The van der Waals surface area contributed by atoms with Crippen molar-refractivity contribution in [1.82, 2.24) is 9.88 Å². The van der Waals surface area contributed by atoms with Gasteiger partial charge in [-0.05, 0) is 60.6 Å². The van der Waals surface area contributed by atoms with Crippen LogP contribution < -0.4 is 10.5 Å². The molecule has 27 heavy (non-hydrogen) atoms. The second-order valence-corrected chi connectivity index (χ2v) is 8.03. The third kappa shape index (κ3) is 4.17. The number of unbranched alkanes of at least 4 members (excludes halogenated alkanes) is 1. The molecule has 0 spiro atoms. The zero-order valence-corrected chi connectivity index (χ0v) is 16.3. The molecule has 1 fully saturated rings. The molecule has 0 aliphatic carbocycles. The Bertz CT molecular complexity index is 749. The Morgan fingerprint density at radius 1 is 1.26 bits per heavy atom. The molecule has 2 aliphatic heterocycles. The summed E-state index contributed by atoms with van der Waals surface area (Å²) in [6.45, 7) is 5.07. The molecule has 3 heterocycles. The maximum Gasteiger partial charge on any atom is 0.130 e. The molecule has 1 aromatic carbocycles. The van der Waals surface area contributed by atoms with Crippen molar-refractivity contribution in [2.75, 3.05) is 13.1 Å². The number of nitrogens with two attached hydrogens (primary N) is 1. The fourth-order valence-electron chi connectivity index (χ4n) is 4.62. The number of fused-ring (bicyclic) bond motifs is 3. The molecule has 2 aliphatic rings. The van der Waals surface area contributed by atoms with Gasteiger partial charge in [0.25, 0.3) is 0 Å². The maximum atomic E-state index is 6.57. The summed E-state index contributed by atoms with van der Waals surface area (Å²) in [6.07, 6.45) is 7.81. The van der Waals surface area contributed by atoms with Crippen LogP contribution in [0.5, 0.6) is 5.75 Å². The maximum absolute atomic E-state index is 6.57. The molecule has 0 amide bonds. The molecule has 1 aromatic heterocycles. The van der Waals surface area contributed by atoms with Gasteiger partial charge in [0.1, 0.15) is 12.4 Å². The molecule has 0 saturated carbocycles. The van der Waals surface area contributed by atoms with E-state index in [9.17, 15) is 0 Å². The van der Waals surface area contributed by atoms with Crippen LogP contribution in [0.25, 0.3) is 0 Å². The van der Waals surface area contributed by atoms with E-state index in [1.54, 1.807) is 6.20 Å². The van der Waals surface area contributed by atoms with Crippen LogP contribution in [0.3, 0.4) is 0 Å². The highest BCUT2D eigenvalue weighted by atomic mass is 16.5. The summed E-state index contributed by atoms with van der Waals surface area (Å²) < 4.78 is 5.98. The Morgan fingerprint density at radius 2 is 2.19 bits per heavy atom. The number of ether oxygens (including phenoxy) is 1. The van der Waals surface area contributed by atoms with Gasteiger partial charge in [-0.2, -0.15) is 0 Å². The molecule has 1 saturated heterocycles. The van der Waals surface area contributed by atoms with Crippen LogP contribution in [0.1, 0.15) is 55.5 Å². The van der Waals surface area contributed by atoms with Gasteiger partial charge in [0.05, 0.1) is 5.69 Å². The number of aromatic nitrogens is 1. The quantitative estimate of drug-likeness (QED) is 0.837. The molecule has 0 radical (unpaired) electrons. The lowest BCUT2D eigenvalue weighted by atomic mass is 9.79. The van der Waals surface area contributed by atoms with Gasteiger partial charge >= 0.3 is 0 Å². The van der Waals surface area contributed by atoms with Crippen molar-refractivity contribution in [3.05, 3.63) is 59.4 Å². The standard InChI is InChI=1S/C23H31N3O/c1-2-3-6-18-15-26-12-10-17-13-20(27-16-19-7-4-5-11-25-19)8-9-21(17)23(26)14-22(18)24/h4-5,7-9,11,13,18,22-23H,2-3,6,10,12,14-16,24H2,1H3. The van der Waals surface area contributed by atoms with Gasteiger partial charge in [-0.1, -0.05) is 31.9 Å². The van der Waals surface area contributed by atoms with Gasteiger partial charge in [0.15, 0.2) is 0 Å². The molecule has 4 heteroatoms. The first-order valence-corrected chi connectivity index (χ1v) is 10.4. The van der Waals surface area contributed by atoms with Crippen molar-refractivity contribution in [2.24, 2.45) is 11.7 Å². The van der Waals surface area contributed by atoms with Crippen LogP contribution in [0.4, 0.5) is 0 Å². The zero-order chi connectivity index (χ0) is 18.6. The number of benzene rings is 1. The summed E-state index contributed by atoms with van der Waals surface area (Å²) in [5.41, 5.74) is 10.4. The van der Waals surface area contributed by atoms with Gasteiger partial charge in [-0.3, -0.25) is 9.88 Å². The van der Waals surface area contributed by atoms with E-state index in [4.69, 9.17) is 10.5 Å². The van der Waals surface area contributed by atoms with Gasteiger partial charge in [0, 0.05) is 31.4 Å². The summed E-state index contributed by atoms with van der Waals surface area (Å²) in [7, 11) is 0. The van der Waals surface area contributed by atoms with E-state index in [-0.39, 0.29) is 0 Å². The first-order chi connectivity index (χ1) is 13.2. The summed E-state index contributed by atoms with van der Waals surface area (Å²) in [5.74, 6) is 1.59. The van der Waals surface area contributed by atoms with Crippen LogP contribution in [0.2, 0.25) is 0 Å². The molecular formula is C23H31N3O. The molecule has 3 unspecified atom stereocenters. The summed E-state index contributed by atoms with van der Waals surface area (Å²) >= 11 is 0. The van der Waals surface area contributed by atoms with Crippen LogP contribution in [-0.4, -0.2) is 29.0 Å². The molecule has 144 valence electrons. The van der Waals surface area contributed by atoms with Crippen molar-refractivity contribution in [1.29, 1.82) is 0 Å². The Morgan fingerprint density at radius 3 is 3.00 bits per heavy atom. The second kappa shape index (κ2) is 8.41. The molecule has 4 rings (SSSR count). The van der Waals surface area contributed by atoms with E-state index in [0.29, 0.717) is 24.6 Å². The number of hydrogen-bond acceptors (Lipinski definition) is 4. The molecule has 4 nitrogen and oxygen atoms in total. The Labute approximate surface area is 162 Å². The normalized spacial score (nSPS) is 24.9. The summed E-state index contributed by atoms with van der Waals surface area (Å²) in [6, 6.07) is 13.3.